The molecule has 216 valence electrons. The van der Waals surface area contributed by atoms with Gasteiger partial charge in [0.05, 0.1) is 23.3 Å². The fourth-order valence-electron chi connectivity index (χ4n) is 5.60. The molecule has 0 bridgehead atoms. The van der Waals surface area contributed by atoms with E-state index < -0.39 is 18.2 Å². The number of para-hydroxylation sites is 1. The summed E-state index contributed by atoms with van der Waals surface area (Å²) < 4.78 is 12.5. The molecule has 0 heterocycles. The molecule has 0 spiro atoms. The lowest BCUT2D eigenvalue weighted by molar-refractivity contribution is -0.139. The SMILES string of the molecule is COc1cccc(CCN(C(=O)CC2CCCC2)C2CC(C(=O)NCCO)=CC(Oc3ccccc3I)C2O)c1. The third kappa shape index (κ3) is 7.98. The molecule has 2 aromatic rings. The largest absolute Gasteiger partial charge is 0.497 e. The molecular formula is C31H39IN2O6. The van der Waals surface area contributed by atoms with Gasteiger partial charge in [0, 0.05) is 31.5 Å². The molecule has 1 fully saturated rings. The molecule has 4 rings (SSSR count). The molecule has 8 nitrogen and oxygen atoms in total. The van der Waals surface area contributed by atoms with E-state index >= 15 is 0 Å². The summed E-state index contributed by atoms with van der Waals surface area (Å²) in [6, 6.07) is 14.6. The van der Waals surface area contributed by atoms with Gasteiger partial charge in [-0.05, 0) is 83.7 Å². The Kier molecular flexibility index (Phi) is 11.3. The van der Waals surface area contributed by atoms with Crippen molar-refractivity contribution < 1.29 is 29.3 Å². The predicted molar refractivity (Wildman–Crippen MR) is 161 cm³/mol. The molecule has 2 amide bonds. The molecule has 3 atom stereocenters. The first-order chi connectivity index (χ1) is 19.4. The van der Waals surface area contributed by atoms with E-state index in [-0.39, 0.29) is 31.4 Å². The molecule has 40 heavy (non-hydrogen) atoms. The predicted octanol–water partition coefficient (Wildman–Crippen LogP) is 3.87. The quantitative estimate of drug-likeness (QED) is 0.298. The topological polar surface area (TPSA) is 108 Å². The number of methoxy groups -OCH3 is 1. The number of ether oxygens (including phenoxy) is 2. The van der Waals surface area contributed by atoms with Gasteiger partial charge in [-0.2, -0.15) is 0 Å². The number of carbonyl (C=O) groups excluding carboxylic acids is 2. The Labute approximate surface area is 249 Å². The van der Waals surface area contributed by atoms with Crippen molar-refractivity contribution in [3.63, 3.8) is 0 Å². The smallest absolute Gasteiger partial charge is 0.247 e. The van der Waals surface area contributed by atoms with Crippen LogP contribution < -0.4 is 14.8 Å². The van der Waals surface area contributed by atoms with E-state index in [4.69, 9.17) is 9.47 Å². The van der Waals surface area contributed by atoms with Crippen LogP contribution in [0.15, 0.2) is 60.2 Å². The Hall–Kier alpha value is -2.63. The van der Waals surface area contributed by atoms with E-state index in [0.717, 1.165) is 40.6 Å². The van der Waals surface area contributed by atoms with Crippen LogP contribution in [0.25, 0.3) is 0 Å². The third-order valence-corrected chi connectivity index (χ3v) is 8.64. The van der Waals surface area contributed by atoms with Gasteiger partial charge >= 0.3 is 0 Å². The summed E-state index contributed by atoms with van der Waals surface area (Å²) in [4.78, 5) is 28.7. The fraction of sp³-hybridized carbons (Fsp3) is 0.484. The molecule has 0 radical (unpaired) electrons. The molecule has 2 aromatic carbocycles. The van der Waals surface area contributed by atoms with Gasteiger partial charge in [-0.25, -0.2) is 0 Å². The lowest BCUT2D eigenvalue weighted by Gasteiger charge is -2.41. The highest BCUT2D eigenvalue weighted by atomic mass is 127. The Balaban J connectivity index is 1.63. The lowest BCUT2D eigenvalue weighted by atomic mass is 9.87. The molecule has 2 aliphatic rings. The highest BCUT2D eigenvalue weighted by Gasteiger charge is 2.41. The summed E-state index contributed by atoms with van der Waals surface area (Å²) in [5.41, 5.74) is 1.45. The summed E-state index contributed by atoms with van der Waals surface area (Å²) in [7, 11) is 1.62. The zero-order chi connectivity index (χ0) is 28.5. The van der Waals surface area contributed by atoms with Crippen LogP contribution in [0.5, 0.6) is 11.5 Å². The lowest BCUT2D eigenvalue weighted by Crippen LogP contribution is -2.55. The summed E-state index contributed by atoms with van der Waals surface area (Å²) in [5.74, 6) is 1.34. The average Bonchev–Trinajstić information content (AvgIpc) is 3.47. The van der Waals surface area contributed by atoms with Crippen molar-refractivity contribution in [1.82, 2.24) is 10.2 Å². The van der Waals surface area contributed by atoms with Crippen molar-refractivity contribution in [3.05, 3.63) is 69.3 Å². The number of aliphatic hydroxyl groups excluding tert-OH is 2. The van der Waals surface area contributed by atoms with Gasteiger partial charge in [-0.15, -0.1) is 0 Å². The monoisotopic (exact) mass is 662 g/mol. The normalized spacial score (nSPS) is 21.0. The summed E-state index contributed by atoms with van der Waals surface area (Å²) in [6.07, 6.45) is 5.33. The summed E-state index contributed by atoms with van der Waals surface area (Å²) >= 11 is 2.17. The van der Waals surface area contributed by atoms with Crippen molar-refractivity contribution in [2.75, 3.05) is 26.8 Å². The number of aliphatic hydroxyl groups is 2. The molecule has 0 saturated heterocycles. The maximum Gasteiger partial charge on any atom is 0.247 e. The molecular weight excluding hydrogens is 623 g/mol. The van der Waals surface area contributed by atoms with Crippen molar-refractivity contribution in [1.29, 1.82) is 0 Å². The number of carbonyl (C=O) groups is 2. The van der Waals surface area contributed by atoms with Crippen LogP contribution in [-0.4, -0.2) is 72.0 Å². The second-order valence-corrected chi connectivity index (χ2v) is 11.7. The zero-order valence-electron chi connectivity index (χ0n) is 22.9. The van der Waals surface area contributed by atoms with Crippen LogP contribution in [0.2, 0.25) is 0 Å². The first-order valence-electron chi connectivity index (χ1n) is 14.0. The van der Waals surface area contributed by atoms with Crippen LogP contribution in [0.3, 0.4) is 0 Å². The van der Waals surface area contributed by atoms with Crippen molar-refractivity contribution in [2.45, 2.75) is 63.2 Å². The summed E-state index contributed by atoms with van der Waals surface area (Å²) in [6.45, 7) is 0.326. The third-order valence-electron chi connectivity index (χ3n) is 7.75. The van der Waals surface area contributed by atoms with E-state index in [9.17, 15) is 19.8 Å². The van der Waals surface area contributed by atoms with Crippen molar-refractivity contribution in [2.24, 2.45) is 5.92 Å². The van der Waals surface area contributed by atoms with Crippen molar-refractivity contribution >= 4 is 34.4 Å². The first-order valence-corrected chi connectivity index (χ1v) is 15.1. The van der Waals surface area contributed by atoms with Gasteiger partial charge in [0.2, 0.25) is 11.8 Å². The van der Waals surface area contributed by atoms with Crippen LogP contribution >= 0.6 is 22.6 Å². The van der Waals surface area contributed by atoms with E-state index in [1.165, 1.54) is 0 Å². The maximum absolute atomic E-state index is 13.9. The van der Waals surface area contributed by atoms with Gasteiger partial charge < -0.3 is 29.9 Å². The van der Waals surface area contributed by atoms with E-state index in [1.807, 2.05) is 48.5 Å². The molecule has 0 aliphatic heterocycles. The van der Waals surface area contributed by atoms with Gasteiger partial charge in [-0.3, -0.25) is 9.59 Å². The maximum atomic E-state index is 13.9. The highest BCUT2D eigenvalue weighted by molar-refractivity contribution is 14.1. The number of amides is 2. The summed E-state index contributed by atoms with van der Waals surface area (Å²) in [5, 5.41) is 23.6. The minimum atomic E-state index is -1.04. The van der Waals surface area contributed by atoms with Crippen LogP contribution in [-0.2, 0) is 16.0 Å². The zero-order valence-corrected chi connectivity index (χ0v) is 25.1. The van der Waals surface area contributed by atoms with Gasteiger partial charge in [0.25, 0.3) is 0 Å². The Morgan fingerprint density at radius 1 is 1.12 bits per heavy atom. The standard InChI is InChI=1S/C31H39IN2O6/c1-39-24-10-6-9-22(17-24)13-15-34(29(36)18-21-7-2-3-8-21)26-19-23(31(38)33-14-16-35)20-28(30(26)37)40-27-12-5-4-11-25(27)32/h4-6,9-12,17,20-21,26,28,30,35,37H,2-3,7-8,13-16,18-19H2,1H3,(H,33,38). The average molecular weight is 663 g/mol. The molecule has 3 unspecified atom stereocenters. The molecule has 2 aliphatic carbocycles. The number of hydrogen-bond acceptors (Lipinski definition) is 6. The molecule has 3 N–H and O–H groups in total. The Morgan fingerprint density at radius 2 is 1.90 bits per heavy atom. The highest BCUT2D eigenvalue weighted by Crippen LogP contribution is 2.32. The minimum absolute atomic E-state index is 0.0103. The number of nitrogens with one attached hydrogen (secondary N) is 1. The molecule has 1 saturated carbocycles. The fourth-order valence-corrected chi connectivity index (χ4v) is 6.11. The number of rotatable bonds is 12. The number of hydrogen-bond donors (Lipinski definition) is 3. The van der Waals surface area contributed by atoms with Crippen LogP contribution in [0.4, 0.5) is 0 Å². The van der Waals surface area contributed by atoms with Crippen LogP contribution in [0.1, 0.15) is 44.1 Å². The molecule has 0 aromatic heterocycles. The first kappa shape index (κ1) is 30.3. The second-order valence-electron chi connectivity index (χ2n) is 10.5. The van der Waals surface area contributed by atoms with Crippen molar-refractivity contribution in [3.8, 4) is 11.5 Å². The van der Waals surface area contributed by atoms with Crippen LogP contribution in [0, 0.1) is 9.49 Å². The Bertz CT molecular complexity index is 1180. The number of benzene rings is 2. The van der Waals surface area contributed by atoms with Gasteiger partial charge in [0.1, 0.15) is 23.7 Å². The van der Waals surface area contributed by atoms with E-state index in [1.54, 1.807) is 18.1 Å². The number of halogens is 1. The second kappa shape index (κ2) is 14.8. The Morgan fingerprint density at radius 3 is 2.62 bits per heavy atom. The number of nitrogens with zero attached hydrogens (tertiary/aromatic N) is 1. The van der Waals surface area contributed by atoms with E-state index in [0.29, 0.717) is 36.6 Å². The minimum Gasteiger partial charge on any atom is -0.497 e. The van der Waals surface area contributed by atoms with E-state index in [2.05, 4.69) is 27.9 Å². The molecule has 9 heteroatoms. The van der Waals surface area contributed by atoms with Gasteiger partial charge in [-0.1, -0.05) is 37.1 Å². The van der Waals surface area contributed by atoms with Gasteiger partial charge in [0.15, 0.2) is 0 Å².